The fourth-order valence-corrected chi connectivity index (χ4v) is 4.11. The van der Waals surface area contributed by atoms with E-state index in [-0.39, 0.29) is 24.2 Å². The first-order valence-electron chi connectivity index (χ1n) is 8.49. The number of rotatable bonds is 4. The molecule has 1 unspecified atom stereocenters. The summed E-state index contributed by atoms with van der Waals surface area (Å²) >= 11 is 0. The standard InChI is InChI=1S/C18H23FN2O4/c1-11(12-5-6-15(25-2)14(19)8-12)20-17(24)21-9-13-4-3-7-18(13,10-21)16(22)23/h5-6,8,11,13H,3-4,7,9-10H2,1-2H3,(H,20,24)(H,22,23)/t11?,13-,18+/m0/s1. The van der Waals surface area contributed by atoms with Gasteiger partial charge in [-0.3, -0.25) is 4.79 Å². The highest BCUT2D eigenvalue weighted by atomic mass is 19.1. The average Bonchev–Trinajstić information content (AvgIpc) is 3.12. The topological polar surface area (TPSA) is 78.9 Å². The van der Waals surface area contributed by atoms with E-state index in [0.29, 0.717) is 18.5 Å². The average molecular weight is 350 g/mol. The number of fused-ring (bicyclic) bond motifs is 1. The SMILES string of the molecule is COc1ccc(C(C)NC(=O)N2C[C@@H]3CCC[C@@]3(C(=O)O)C2)cc1F. The lowest BCUT2D eigenvalue weighted by atomic mass is 9.81. The first kappa shape index (κ1) is 17.5. The molecular weight excluding hydrogens is 327 g/mol. The van der Waals surface area contributed by atoms with Crippen molar-refractivity contribution in [2.24, 2.45) is 11.3 Å². The molecule has 1 aliphatic heterocycles. The number of ether oxygens (including phenoxy) is 1. The van der Waals surface area contributed by atoms with E-state index in [9.17, 15) is 19.1 Å². The highest BCUT2D eigenvalue weighted by molar-refractivity contribution is 5.80. The molecule has 6 nitrogen and oxygen atoms in total. The van der Waals surface area contributed by atoms with E-state index >= 15 is 0 Å². The molecule has 1 saturated carbocycles. The lowest BCUT2D eigenvalue weighted by molar-refractivity contribution is -0.149. The van der Waals surface area contributed by atoms with Crippen molar-refractivity contribution in [1.82, 2.24) is 10.2 Å². The first-order chi connectivity index (χ1) is 11.9. The number of carboxylic acids is 1. The van der Waals surface area contributed by atoms with Gasteiger partial charge in [-0.2, -0.15) is 0 Å². The molecule has 0 aromatic heterocycles. The van der Waals surface area contributed by atoms with Crippen LogP contribution in [0.1, 0.15) is 37.8 Å². The van der Waals surface area contributed by atoms with Gasteiger partial charge in [0.05, 0.1) is 18.6 Å². The van der Waals surface area contributed by atoms with E-state index in [1.54, 1.807) is 17.9 Å². The van der Waals surface area contributed by atoms with Crippen LogP contribution in [0.4, 0.5) is 9.18 Å². The predicted octanol–water partition coefficient (Wildman–Crippen LogP) is 2.79. The van der Waals surface area contributed by atoms with Crippen LogP contribution in [0.3, 0.4) is 0 Å². The van der Waals surface area contributed by atoms with Gasteiger partial charge in [-0.1, -0.05) is 12.5 Å². The minimum absolute atomic E-state index is 0.0180. The summed E-state index contributed by atoms with van der Waals surface area (Å²) in [7, 11) is 1.39. The third kappa shape index (κ3) is 3.03. The number of aliphatic carboxylic acids is 1. The number of carbonyl (C=O) groups is 2. The number of carbonyl (C=O) groups excluding carboxylic acids is 1. The highest BCUT2D eigenvalue weighted by Gasteiger charge is 2.55. The number of likely N-dealkylation sites (tertiary alicyclic amines) is 1. The first-order valence-corrected chi connectivity index (χ1v) is 8.49. The summed E-state index contributed by atoms with van der Waals surface area (Å²) in [6.07, 6.45) is 2.36. The van der Waals surface area contributed by atoms with Crippen molar-refractivity contribution in [3.63, 3.8) is 0 Å². The van der Waals surface area contributed by atoms with E-state index < -0.39 is 23.2 Å². The Kier molecular flexibility index (Phi) is 4.58. The molecule has 1 saturated heterocycles. The van der Waals surface area contributed by atoms with Gasteiger partial charge < -0.3 is 20.1 Å². The van der Waals surface area contributed by atoms with Crippen LogP contribution in [0.25, 0.3) is 0 Å². The van der Waals surface area contributed by atoms with Gasteiger partial charge in [-0.05, 0) is 43.4 Å². The molecule has 1 heterocycles. The number of nitrogens with one attached hydrogen (secondary N) is 1. The molecule has 2 aliphatic rings. The smallest absolute Gasteiger partial charge is 0.317 e. The monoisotopic (exact) mass is 350 g/mol. The van der Waals surface area contributed by atoms with Crippen LogP contribution >= 0.6 is 0 Å². The number of hydrogen-bond acceptors (Lipinski definition) is 3. The quantitative estimate of drug-likeness (QED) is 0.875. The normalized spacial score (nSPS) is 26.2. The van der Waals surface area contributed by atoms with E-state index in [2.05, 4.69) is 5.32 Å². The summed E-state index contributed by atoms with van der Waals surface area (Å²) in [6.45, 7) is 2.47. The second-order valence-electron chi connectivity index (χ2n) is 7.00. The molecule has 2 amide bonds. The van der Waals surface area contributed by atoms with Gasteiger partial charge in [0.2, 0.25) is 0 Å². The number of hydrogen-bond donors (Lipinski definition) is 2. The zero-order valence-corrected chi connectivity index (χ0v) is 14.4. The Balaban J connectivity index is 1.67. The van der Waals surface area contributed by atoms with E-state index in [1.807, 2.05) is 0 Å². The zero-order chi connectivity index (χ0) is 18.2. The number of halogens is 1. The van der Waals surface area contributed by atoms with Crippen molar-refractivity contribution >= 4 is 12.0 Å². The van der Waals surface area contributed by atoms with Crippen molar-refractivity contribution in [3.8, 4) is 5.75 Å². The number of benzene rings is 1. The molecule has 0 spiro atoms. The van der Waals surface area contributed by atoms with Crippen LogP contribution in [0.2, 0.25) is 0 Å². The number of methoxy groups -OCH3 is 1. The van der Waals surface area contributed by atoms with E-state index in [0.717, 1.165) is 12.8 Å². The van der Waals surface area contributed by atoms with E-state index in [4.69, 9.17) is 4.74 Å². The van der Waals surface area contributed by atoms with Gasteiger partial charge >= 0.3 is 12.0 Å². The summed E-state index contributed by atoms with van der Waals surface area (Å²) in [5, 5.41) is 12.4. The molecule has 3 atom stereocenters. The highest BCUT2D eigenvalue weighted by Crippen LogP contribution is 2.48. The summed E-state index contributed by atoms with van der Waals surface area (Å²) in [4.78, 5) is 25.8. The van der Waals surface area contributed by atoms with Crippen molar-refractivity contribution in [3.05, 3.63) is 29.6 Å². The number of urea groups is 1. The second-order valence-corrected chi connectivity index (χ2v) is 7.00. The molecule has 1 aromatic carbocycles. The summed E-state index contributed by atoms with van der Waals surface area (Å²) in [6, 6.07) is 3.85. The molecule has 0 radical (unpaired) electrons. The van der Waals surface area contributed by atoms with Crippen molar-refractivity contribution in [2.75, 3.05) is 20.2 Å². The number of carboxylic acid groups (broad SMARTS) is 1. The Bertz CT molecular complexity index is 696. The second kappa shape index (κ2) is 6.54. The van der Waals surface area contributed by atoms with Crippen LogP contribution in [0.15, 0.2) is 18.2 Å². The number of amides is 2. The number of nitrogens with zero attached hydrogens (tertiary/aromatic N) is 1. The molecule has 1 aromatic rings. The molecule has 136 valence electrons. The minimum atomic E-state index is -0.810. The Hall–Kier alpha value is -2.31. The van der Waals surface area contributed by atoms with Crippen LogP contribution in [-0.2, 0) is 4.79 Å². The molecule has 3 rings (SSSR count). The minimum Gasteiger partial charge on any atom is -0.494 e. The summed E-state index contributed by atoms with van der Waals surface area (Å²) in [5.41, 5.74) is -0.175. The third-order valence-corrected chi connectivity index (χ3v) is 5.60. The largest absolute Gasteiger partial charge is 0.494 e. The molecule has 7 heteroatoms. The van der Waals surface area contributed by atoms with Crippen molar-refractivity contribution in [2.45, 2.75) is 32.2 Å². The molecule has 25 heavy (non-hydrogen) atoms. The van der Waals surface area contributed by atoms with Gasteiger partial charge in [-0.15, -0.1) is 0 Å². The molecule has 1 aliphatic carbocycles. The lowest BCUT2D eigenvalue weighted by Gasteiger charge is -2.24. The zero-order valence-electron chi connectivity index (χ0n) is 14.4. The van der Waals surface area contributed by atoms with Gasteiger partial charge in [0, 0.05) is 13.1 Å². The molecule has 2 fully saturated rings. The maximum Gasteiger partial charge on any atom is 0.317 e. The van der Waals surface area contributed by atoms with Crippen LogP contribution < -0.4 is 10.1 Å². The Labute approximate surface area is 146 Å². The van der Waals surface area contributed by atoms with Gasteiger partial charge in [0.1, 0.15) is 0 Å². The maximum absolute atomic E-state index is 13.8. The maximum atomic E-state index is 13.8. The molecule has 2 N–H and O–H groups in total. The van der Waals surface area contributed by atoms with Crippen molar-refractivity contribution in [1.29, 1.82) is 0 Å². The molecular formula is C18H23FN2O4. The summed E-state index contributed by atoms with van der Waals surface area (Å²) < 4.78 is 18.7. The van der Waals surface area contributed by atoms with E-state index in [1.165, 1.54) is 19.2 Å². The van der Waals surface area contributed by atoms with Gasteiger partial charge in [-0.25, -0.2) is 9.18 Å². The predicted molar refractivity (Wildman–Crippen MR) is 88.9 cm³/mol. The third-order valence-electron chi connectivity index (χ3n) is 5.60. The molecule has 0 bridgehead atoms. The van der Waals surface area contributed by atoms with Gasteiger partial charge in [0.25, 0.3) is 0 Å². The summed E-state index contributed by atoms with van der Waals surface area (Å²) in [5.74, 6) is -1.13. The van der Waals surface area contributed by atoms with Crippen LogP contribution in [0, 0.1) is 17.2 Å². The van der Waals surface area contributed by atoms with Crippen molar-refractivity contribution < 1.29 is 23.8 Å². The fraction of sp³-hybridized carbons (Fsp3) is 0.556. The van der Waals surface area contributed by atoms with Crippen LogP contribution in [0.5, 0.6) is 5.75 Å². The van der Waals surface area contributed by atoms with Gasteiger partial charge in [0.15, 0.2) is 11.6 Å². The Morgan fingerprint density at radius 2 is 2.24 bits per heavy atom. The lowest BCUT2D eigenvalue weighted by Crippen LogP contribution is -2.42. The fourth-order valence-electron chi connectivity index (χ4n) is 4.11. The Morgan fingerprint density at radius 1 is 1.48 bits per heavy atom. The Morgan fingerprint density at radius 3 is 2.84 bits per heavy atom. The van der Waals surface area contributed by atoms with Crippen LogP contribution in [-0.4, -0.2) is 42.2 Å².